The lowest BCUT2D eigenvalue weighted by atomic mass is 10.2. The molecule has 25 heavy (non-hydrogen) atoms. The van der Waals surface area contributed by atoms with Gasteiger partial charge in [-0.2, -0.15) is 0 Å². The lowest BCUT2D eigenvalue weighted by Crippen LogP contribution is -2.20. The van der Waals surface area contributed by atoms with Crippen molar-refractivity contribution in [3.05, 3.63) is 72.7 Å². The second-order valence-corrected chi connectivity index (χ2v) is 5.32. The van der Waals surface area contributed by atoms with Crippen LogP contribution in [0.2, 0.25) is 0 Å². The number of nitrogens with zero attached hydrogens (tertiary/aromatic N) is 2. The van der Waals surface area contributed by atoms with Crippen molar-refractivity contribution in [2.45, 2.75) is 6.92 Å². The molecular formula is C19H17N3O3. The summed E-state index contributed by atoms with van der Waals surface area (Å²) in [4.78, 5) is 19.9. The number of rotatable bonds is 6. The summed E-state index contributed by atoms with van der Waals surface area (Å²) in [5, 5.41) is 2.77. The maximum atomic E-state index is 12.0. The van der Waals surface area contributed by atoms with E-state index in [9.17, 15) is 4.79 Å². The molecule has 0 fully saturated rings. The Morgan fingerprint density at radius 2 is 1.92 bits per heavy atom. The molecule has 0 radical (unpaired) electrons. The normalized spacial score (nSPS) is 10.1. The molecule has 0 spiro atoms. The van der Waals surface area contributed by atoms with Gasteiger partial charge >= 0.3 is 0 Å². The van der Waals surface area contributed by atoms with Crippen molar-refractivity contribution in [2.75, 3.05) is 11.9 Å². The molecule has 0 saturated heterocycles. The van der Waals surface area contributed by atoms with Gasteiger partial charge in [0.05, 0.1) is 6.20 Å². The molecule has 0 saturated carbocycles. The van der Waals surface area contributed by atoms with Gasteiger partial charge in [0, 0.05) is 18.1 Å². The monoisotopic (exact) mass is 335 g/mol. The van der Waals surface area contributed by atoms with Crippen LogP contribution in [0.25, 0.3) is 0 Å². The highest BCUT2D eigenvalue weighted by Crippen LogP contribution is 2.20. The highest BCUT2D eigenvalue weighted by Gasteiger charge is 2.05. The van der Waals surface area contributed by atoms with E-state index >= 15 is 0 Å². The van der Waals surface area contributed by atoms with E-state index in [1.165, 1.54) is 6.20 Å². The minimum Gasteiger partial charge on any atom is -0.484 e. The van der Waals surface area contributed by atoms with E-state index in [0.29, 0.717) is 23.1 Å². The van der Waals surface area contributed by atoms with Crippen LogP contribution in [-0.2, 0) is 4.79 Å². The third-order valence-corrected chi connectivity index (χ3v) is 3.26. The quantitative estimate of drug-likeness (QED) is 0.745. The van der Waals surface area contributed by atoms with Crippen molar-refractivity contribution in [1.82, 2.24) is 9.97 Å². The van der Waals surface area contributed by atoms with Gasteiger partial charge in [0.1, 0.15) is 11.5 Å². The van der Waals surface area contributed by atoms with Crippen LogP contribution >= 0.6 is 0 Å². The second-order valence-electron chi connectivity index (χ2n) is 5.32. The Kier molecular flexibility index (Phi) is 5.21. The van der Waals surface area contributed by atoms with Gasteiger partial charge in [0.25, 0.3) is 5.91 Å². The zero-order valence-electron chi connectivity index (χ0n) is 13.7. The predicted octanol–water partition coefficient (Wildman–Crippen LogP) is 3.59. The van der Waals surface area contributed by atoms with Gasteiger partial charge in [-0.25, -0.2) is 4.98 Å². The first-order valence-electron chi connectivity index (χ1n) is 7.72. The third-order valence-electron chi connectivity index (χ3n) is 3.26. The fraction of sp³-hybridized carbons (Fsp3) is 0.105. The summed E-state index contributed by atoms with van der Waals surface area (Å²) in [5.41, 5.74) is 1.74. The molecule has 3 aromatic rings. The van der Waals surface area contributed by atoms with Crippen LogP contribution in [0.3, 0.4) is 0 Å². The minimum absolute atomic E-state index is 0.0543. The summed E-state index contributed by atoms with van der Waals surface area (Å²) in [6.07, 6.45) is 4.65. The van der Waals surface area contributed by atoms with Crippen molar-refractivity contribution in [1.29, 1.82) is 0 Å². The first kappa shape index (κ1) is 16.4. The largest absolute Gasteiger partial charge is 0.484 e. The van der Waals surface area contributed by atoms with Gasteiger partial charge in [0.2, 0.25) is 5.88 Å². The number of carbonyl (C=O) groups is 1. The average Bonchev–Trinajstić information content (AvgIpc) is 2.63. The zero-order chi connectivity index (χ0) is 17.5. The molecule has 3 rings (SSSR count). The van der Waals surface area contributed by atoms with Gasteiger partial charge in [-0.05, 0) is 48.9 Å². The van der Waals surface area contributed by atoms with Crippen molar-refractivity contribution < 1.29 is 14.3 Å². The van der Waals surface area contributed by atoms with Crippen LogP contribution in [0.15, 0.2) is 67.1 Å². The number of aromatic nitrogens is 2. The SMILES string of the molecule is Cc1cccc(OCC(=O)Nc2ccc(Oc3cnccn3)cc2)c1. The lowest BCUT2D eigenvalue weighted by molar-refractivity contribution is -0.118. The fourth-order valence-corrected chi connectivity index (χ4v) is 2.12. The summed E-state index contributed by atoms with van der Waals surface area (Å²) < 4.78 is 11.0. The summed E-state index contributed by atoms with van der Waals surface area (Å²) in [5.74, 6) is 1.45. The lowest BCUT2D eigenvalue weighted by Gasteiger charge is -2.09. The standard InChI is InChI=1S/C19H17N3O3/c1-14-3-2-4-17(11-14)24-13-18(23)22-15-5-7-16(8-6-15)25-19-12-20-9-10-21-19/h2-12H,13H2,1H3,(H,22,23). The molecule has 0 unspecified atom stereocenters. The molecule has 1 N–H and O–H groups in total. The minimum atomic E-state index is -0.232. The Bertz CT molecular complexity index is 836. The molecular weight excluding hydrogens is 318 g/mol. The zero-order valence-corrected chi connectivity index (χ0v) is 13.7. The highest BCUT2D eigenvalue weighted by atomic mass is 16.5. The van der Waals surface area contributed by atoms with Crippen LogP contribution in [0.1, 0.15) is 5.56 Å². The van der Waals surface area contributed by atoms with E-state index in [1.807, 2.05) is 31.2 Å². The number of ether oxygens (including phenoxy) is 2. The number of anilines is 1. The van der Waals surface area contributed by atoms with Crippen molar-refractivity contribution in [3.8, 4) is 17.4 Å². The van der Waals surface area contributed by atoms with Gasteiger partial charge in [-0.15, -0.1) is 0 Å². The molecule has 0 aliphatic rings. The predicted molar refractivity (Wildman–Crippen MR) is 93.9 cm³/mol. The Hall–Kier alpha value is -3.41. The van der Waals surface area contributed by atoms with Gasteiger partial charge in [0.15, 0.2) is 6.61 Å². The molecule has 1 heterocycles. The molecule has 1 amide bonds. The summed E-state index contributed by atoms with van der Waals surface area (Å²) in [7, 11) is 0. The van der Waals surface area contributed by atoms with Crippen LogP contribution in [0, 0.1) is 6.92 Å². The summed E-state index contributed by atoms with van der Waals surface area (Å²) >= 11 is 0. The van der Waals surface area contributed by atoms with Crippen LogP contribution in [0.5, 0.6) is 17.4 Å². The van der Waals surface area contributed by atoms with E-state index in [2.05, 4.69) is 15.3 Å². The Morgan fingerprint density at radius 1 is 1.08 bits per heavy atom. The smallest absolute Gasteiger partial charge is 0.262 e. The highest BCUT2D eigenvalue weighted by molar-refractivity contribution is 5.91. The molecule has 1 aromatic heterocycles. The van der Waals surface area contributed by atoms with Crippen molar-refractivity contribution in [3.63, 3.8) is 0 Å². The first-order chi connectivity index (χ1) is 12.2. The Morgan fingerprint density at radius 3 is 2.64 bits per heavy atom. The molecule has 0 aliphatic carbocycles. The van der Waals surface area contributed by atoms with Gasteiger partial charge in [-0.1, -0.05) is 12.1 Å². The van der Waals surface area contributed by atoms with Crippen LogP contribution < -0.4 is 14.8 Å². The van der Waals surface area contributed by atoms with Crippen molar-refractivity contribution >= 4 is 11.6 Å². The molecule has 6 nitrogen and oxygen atoms in total. The summed E-state index contributed by atoms with van der Waals surface area (Å²) in [6, 6.07) is 14.5. The molecule has 0 bridgehead atoms. The fourth-order valence-electron chi connectivity index (χ4n) is 2.12. The average molecular weight is 335 g/mol. The summed E-state index contributed by atoms with van der Waals surface area (Å²) in [6.45, 7) is 1.92. The van der Waals surface area contributed by atoms with Crippen LogP contribution in [-0.4, -0.2) is 22.5 Å². The molecule has 0 aliphatic heterocycles. The van der Waals surface area contributed by atoms with Crippen LogP contribution in [0.4, 0.5) is 5.69 Å². The maximum absolute atomic E-state index is 12.0. The first-order valence-corrected chi connectivity index (χ1v) is 7.72. The van der Waals surface area contributed by atoms with E-state index in [4.69, 9.17) is 9.47 Å². The topological polar surface area (TPSA) is 73.3 Å². The third kappa shape index (κ3) is 5.04. The van der Waals surface area contributed by atoms with E-state index < -0.39 is 0 Å². The maximum Gasteiger partial charge on any atom is 0.262 e. The number of hydrogen-bond acceptors (Lipinski definition) is 5. The van der Waals surface area contributed by atoms with Gasteiger partial charge in [-0.3, -0.25) is 9.78 Å². The molecule has 126 valence electrons. The number of nitrogens with one attached hydrogen (secondary N) is 1. The second kappa shape index (κ2) is 7.92. The number of benzene rings is 2. The molecule has 6 heteroatoms. The van der Waals surface area contributed by atoms with E-state index in [-0.39, 0.29) is 12.5 Å². The van der Waals surface area contributed by atoms with Gasteiger partial charge < -0.3 is 14.8 Å². The number of hydrogen-bond donors (Lipinski definition) is 1. The van der Waals surface area contributed by atoms with Crippen molar-refractivity contribution in [2.24, 2.45) is 0 Å². The Labute approximate surface area is 145 Å². The number of amides is 1. The molecule has 0 atom stereocenters. The van der Waals surface area contributed by atoms with E-state index in [0.717, 1.165) is 5.56 Å². The van der Waals surface area contributed by atoms with E-state index in [1.54, 1.807) is 36.7 Å². The Balaban J connectivity index is 1.51. The number of carbonyl (C=O) groups excluding carboxylic acids is 1. The number of aryl methyl sites for hydroxylation is 1. The molecule has 2 aromatic carbocycles.